The molecule has 2 N–H and O–H groups in total. The highest BCUT2D eigenvalue weighted by atomic mass is 32.2. The van der Waals surface area contributed by atoms with Crippen LogP contribution >= 0.6 is 11.8 Å². The van der Waals surface area contributed by atoms with Crippen molar-refractivity contribution in [2.45, 2.75) is 11.7 Å². The second kappa shape index (κ2) is 8.13. The van der Waals surface area contributed by atoms with E-state index in [0.29, 0.717) is 22.9 Å². The van der Waals surface area contributed by atoms with E-state index in [0.717, 1.165) is 11.8 Å². The van der Waals surface area contributed by atoms with Crippen molar-refractivity contribution in [1.82, 2.24) is 0 Å². The number of carbonyl (C=O) groups is 2. The minimum Gasteiger partial charge on any atom is -0.497 e. The standard InChI is InChI=1S/C19H19N3O4S/c1-25-13-8-9-15(26-2)14(10-13)21-17(23)11-16-18(24)22(19(20)27-16)12-6-4-3-5-7-12/h3-10,16,20H,11H2,1-2H3,(H,21,23)/t16-/m0/s1. The van der Waals surface area contributed by atoms with Crippen LogP contribution < -0.4 is 19.7 Å². The summed E-state index contributed by atoms with van der Waals surface area (Å²) in [4.78, 5) is 26.5. The molecule has 3 rings (SSSR count). The maximum absolute atomic E-state index is 12.7. The van der Waals surface area contributed by atoms with E-state index in [9.17, 15) is 9.59 Å². The highest BCUT2D eigenvalue weighted by molar-refractivity contribution is 8.16. The molecule has 0 saturated carbocycles. The van der Waals surface area contributed by atoms with Crippen molar-refractivity contribution in [3.63, 3.8) is 0 Å². The molecule has 1 atom stereocenters. The molecule has 2 amide bonds. The Morgan fingerprint density at radius 3 is 2.59 bits per heavy atom. The number of thioether (sulfide) groups is 1. The topological polar surface area (TPSA) is 91.7 Å². The minimum absolute atomic E-state index is 0.0461. The molecule has 8 heteroatoms. The molecule has 0 unspecified atom stereocenters. The number of ether oxygens (including phenoxy) is 2. The number of amides is 2. The van der Waals surface area contributed by atoms with Crippen LogP contribution in [0.15, 0.2) is 48.5 Å². The van der Waals surface area contributed by atoms with E-state index in [1.807, 2.05) is 6.07 Å². The zero-order valence-electron chi connectivity index (χ0n) is 14.9. The van der Waals surface area contributed by atoms with Gasteiger partial charge < -0.3 is 14.8 Å². The molecule has 2 aromatic rings. The van der Waals surface area contributed by atoms with E-state index >= 15 is 0 Å². The molecule has 1 heterocycles. The average molecular weight is 385 g/mol. The van der Waals surface area contributed by atoms with Crippen LogP contribution in [-0.4, -0.2) is 36.5 Å². The third kappa shape index (κ3) is 4.06. The number of hydrogen-bond donors (Lipinski definition) is 2. The number of benzene rings is 2. The Hall–Kier alpha value is -3.00. The second-order valence-electron chi connectivity index (χ2n) is 5.74. The molecule has 0 aliphatic carbocycles. The number of methoxy groups -OCH3 is 2. The van der Waals surface area contributed by atoms with Gasteiger partial charge in [0.15, 0.2) is 5.17 Å². The molecule has 0 aromatic heterocycles. The summed E-state index contributed by atoms with van der Waals surface area (Å²) in [5, 5.41) is 10.3. The minimum atomic E-state index is -0.644. The van der Waals surface area contributed by atoms with Gasteiger partial charge in [-0.3, -0.25) is 19.9 Å². The van der Waals surface area contributed by atoms with E-state index < -0.39 is 5.25 Å². The lowest BCUT2D eigenvalue weighted by Crippen LogP contribution is -2.33. The van der Waals surface area contributed by atoms with Crippen molar-refractivity contribution < 1.29 is 19.1 Å². The Bertz CT molecular complexity index is 873. The molecule has 0 radical (unpaired) electrons. The van der Waals surface area contributed by atoms with Crippen LogP contribution in [0.3, 0.4) is 0 Å². The van der Waals surface area contributed by atoms with Gasteiger partial charge in [-0.2, -0.15) is 0 Å². The van der Waals surface area contributed by atoms with Crippen LogP contribution in [0.1, 0.15) is 6.42 Å². The number of nitrogens with one attached hydrogen (secondary N) is 2. The number of anilines is 2. The Kier molecular flexibility index (Phi) is 5.66. The summed E-state index contributed by atoms with van der Waals surface area (Å²) in [5.74, 6) is 0.460. The first-order chi connectivity index (χ1) is 13.0. The van der Waals surface area contributed by atoms with E-state index in [2.05, 4.69) is 5.32 Å². The maximum atomic E-state index is 12.7. The van der Waals surface area contributed by atoms with Gasteiger partial charge in [-0.25, -0.2) is 0 Å². The molecule has 1 aliphatic rings. The van der Waals surface area contributed by atoms with E-state index in [-0.39, 0.29) is 23.4 Å². The van der Waals surface area contributed by atoms with Crippen molar-refractivity contribution in [2.75, 3.05) is 24.4 Å². The molecule has 27 heavy (non-hydrogen) atoms. The third-order valence-corrected chi connectivity index (χ3v) is 5.08. The van der Waals surface area contributed by atoms with Gasteiger partial charge in [0.2, 0.25) is 11.8 Å². The van der Waals surface area contributed by atoms with Gasteiger partial charge in [0.1, 0.15) is 16.7 Å². The maximum Gasteiger partial charge on any atom is 0.247 e. The third-order valence-electron chi connectivity index (χ3n) is 4.02. The first-order valence-electron chi connectivity index (χ1n) is 8.19. The zero-order valence-corrected chi connectivity index (χ0v) is 15.7. The van der Waals surface area contributed by atoms with Crippen molar-refractivity contribution >= 4 is 40.1 Å². The molecular weight excluding hydrogens is 366 g/mol. The summed E-state index contributed by atoms with van der Waals surface area (Å²) in [5.41, 5.74) is 1.09. The van der Waals surface area contributed by atoms with Gasteiger partial charge in [-0.1, -0.05) is 30.0 Å². The van der Waals surface area contributed by atoms with Crippen molar-refractivity contribution in [3.8, 4) is 11.5 Å². The predicted octanol–water partition coefficient (Wildman–Crippen LogP) is 3.12. The van der Waals surface area contributed by atoms with Gasteiger partial charge >= 0.3 is 0 Å². The Labute approximate surface area is 161 Å². The van der Waals surface area contributed by atoms with Crippen molar-refractivity contribution in [2.24, 2.45) is 0 Å². The van der Waals surface area contributed by atoms with Gasteiger partial charge in [-0.15, -0.1) is 0 Å². The fourth-order valence-corrected chi connectivity index (χ4v) is 3.73. The van der Waals surface area contributed by atoms with Gasteiger partial charge in [0, 0.05) is 12.5 Å². The summed E-state index contributed by atoms with van der Waals surface area (Å²) in [7, 11) is 3.04. The summed E-state index contributed by atoms with van der Waals surface area (Å²) >= 11 is 1.08. The lowest BCUT2D eigenvalue weighted by molar-refractivity contribution is -0.121. The molecule has 1 aliphatic heterocycles. The molecule has 140 valence electrons. The van der Waals surface area contributed by atoms with Gasteiger partial charge in [0.05, 0.1) is 25.6 Å². The average Bonchev–Trinajstić information content (AvgIpc) is 2.95. The molecule has 7 nitrogen and oxygen atoms in total. The van der Waals surface area contributed by atoms with Crippen LogP contribution in [0, 0.1) is 5.41 Å². The lowest BCUT2D eigenvalue weighted by Gasteiger charge is -2.15. The van der Waals surface area contributed by atoms with Gasteiger partial charge in [-0.05, 0) is 24.3 Å². The number of rotatable bonds is 6. The molecule has 1 saturated heterocycles. The molecule has 0 spiro atoms. The smallest absolute Gasteiger partial charge is 0.247 e. The Morgan fingerprint density at radius 2 is 1.93 bits per heavy atom. The highest BCUT2D eigenvalue weighted by Crippen LogP contribution is 2.34. The summed E-state index contributed by atoms with van der Waals surface area (Å²) in [6, 6.07) is 14.0. The normalized spacial score (nSPS) is 16.4. The number of amidine groups is 1. The van der Waals surface area contributed by atoms with Crippen molar-refractivity contribution in [3.05, 3.63) is 48.5 Å². The van der Waals surface area contributed by atoms with Crippen LogP contribution in [0.25, 0.3) is 0 Å². The fourth-order valence-electron chi connectivity index (χ4n) is 2.71. The Balaban J connectivity index is 1.70. The van der Waals surface area contributed by atoms with Crippen LogP contribution in [0.5, 0.6) is 11.5 Å². The number of nitrogens with zero attached hydrogens (tertiary/aromatic N) is 1. The first kappa shape index (κ1) is 18.8. The number of carbonyl (C=O) groups excluding carboxylic acids is 2. The predicted molar refractivity (Wildman–Crippen MR) is 106 cm³/mol. The SMILES string of the molecule is COc1ccc(OC)c(NC(=O)C[C@@H]2SC(=N)N(c3ccccc3)C2=O)c1. The second-order valence-corrected chi connectivity index (χ2v) is 6.93. The van der Waals surface area contributed by atoms with E-state index in [4.69, 9.17) is 14.9 Å². The quantitative estimate of drug-likeness (QED) is 0.797. The monoisotopic (exact) mass is 385 g/mol. The fraction of sp³-hybridized carbons (Fsp3) is 0.211. The van der Waals surface area contributed by atoms with Crippen LogP contribution in [0.2, 0.25) is 0 Å². The zero-order chi connectivity index (χ0) is 19.4. The first-order valence-corrected chi connectivity index (χ1v) is 9.07. The van der Waals surface area contributed by atoms with E-state index in [1.54, 1.807) is 42.5 Å². The van der Waals surface area contributed by atoms with Gasteiger partial charge in [0.25, 0.3) is 0 Å². The molecular formula is C19H19N3O4S. The van der Waals surface area contributed by atoms with Crippen molar-refractivity contribution in [1.29, 1.82) is 5.41 Å². The molecule has 0 bridgehead atoms. The summed E-state index contributed by atoms with van der Waals surface area (Å²) in [6.07, 6.45) is -0.0461. The largest absolute Gasteiger partial charge is 0.497 e. The van der Waals surface area contributed by atoms with E-state index in [1.165, 1.54) is 19.1 Å². The molecule has 2 aromatic carbocycles. The highest BCUT2D eigenvalue weighted by Gasteiger charge is 2.39. The number of para-hydroxylation sites is 1. The molecule has 1 fully saturated rings. The summed E-state index contributed by atoms with van der Waals surface area (Å²) in [6.45, 7) is 0. The number of hydrogen-bond acceptors (Lipinski definition) is 6. The van der Waals surface area contributed by atoms with Crippen LogP contribution in [0.4, 0.5) is 11.4 Å². The summed E-state index contributed by atoms with van der Waals surface area (Å²) < 4.78 is 10.4. The lowest BCUT2D eigenvalue weighted by atomic mass is 10.2. The Morgan fingerprint density at radius 1 is 1.19 bits per heavy atom. The van der Waals surface area contributed by atoms with Crippen LogP contribution in [-0.2, 0) is 9.59 Å².